The van der Waals surface area contributed by atoms with E-state index in [0.29, 0.717) is 0 Å². The smallest absolute Gasteiger partial charge is 0.319 e. The van der Waals surface area contributed by atoms with E-state index < -0.39 is 13.1 Å². The van der Waals surface area contributed by atoms with Gasteiger partial charge < -0.3 is 14.6 Å². The molecule has 0 saturated carbocycles. The summed E-state index contributed by atoms with van der Waals surface area (Å²) < 4.78 is 15.2. The van der Waals surface area contributed by atoms with Gasteiger partial charge in [-0.05, 0) is 6.92 Å². The largest absolute Gasteiger partial charge is 0.394 e. The second-order valence-corrected chi connectivity index (χ2v) is 3.79. The Hall–Kier alpha value is -0.260. The molecule has 0 heterocycles. The van der Waals surface area contributed by atoms with Gasteiger partial charge in [0.2, 0.25) is 5.52 Å². The molecular formula is C5H12NO5P. The van der Waals surface area contributed by atoms with Crippen molar-refractivity contribution in [2.45, 2.75) is 13.3 Å². The van der Waals surface area contributed by atoms with Crippen LogP contribution in [-0.4, -0.2) is 28.8 Å². The summed E-state index contributed by atoms with van der Waals surface area (Å²) >= 11 is 0. The van der Waals surface area contributed by atoms with Crippen LogP contribution in [0, 0.1) is 0 Å². The highest BCUT2D eigenvalue weighted by Gasteiger charge is 2.28. The Morgan fingerprint density at radius 3 is 2.67 bits per heavy atom. The Labute approximate surface area is 70.0 Å². The van der Waals surface area contributed by atoms with Gasteiger partial charge in [0.25, 0.3) is 0 Å². The third-order valence-corrected chi connectivity index (χ3v) is 2.53. The molecule has 1 unspecified atom stereocenters. The zero-order valence-electron chi connectivity index (χ0n) is 6.69. The fraction of sp³-hybridized carbons (Fsp3) is 0.800. The molecule has 0 bridgehead atoms. The van der Waals surface area contributed by atoms with Crippen LogP contribution < -0.4 is 5.48 Å². The average Bonchev–Trinajstić information content (AvgIpc) is 2.00. The second kappa shape index (κ2) is 5.40. The molecule has 0 fully saturated rings. The summed E-state index contributed by atoms with van der Waals surface area (Å²) in [5.74, 6) is 0. The standard InChI is InChI=1S/C5H12NO5P/c1-2-11-12(9,10)5(7)3-4-6-8/h6,8H,2-4H2,1H3,(H,9,10). The predicted molar refractivity (Wildman–Crippen MR) is 40.9 cm³/mol. The van der Waals surface area contributed by atoms with E-state index in [2.05, 4.69) is 4.52 Å². The minimum absolute atomic E-state index is 0.00602. The van der Waals surface area contributed by atoms with E-state index in [1.807, 2.05) is 0 Å². The van der Waals surface area contributed by atoms with E-state index in [0.717, 1.165) is 0 Å². The third-order valence-electron chi connectivity index (χ3n) is 1.07. The van der Waals surface area contributed by atoms with E-state index in [1.165, 1.54) is 6.92 Å². The molecule has 72 valence electrons. The fourth-order valence-electron chi connectivity index (χ4n) is 0.551. The van der Waals surface area contributed by atoms with E-state index in [1.54, 1.807) is 5.48 Å². The summed E-state index contributed by atoms with van der Waals surface area (Å²) in [5.41, 5.74) is 0.807. The van der Waals surface area contributed by atoms with E-state index in [4.69, 9.17) is 10.1 Å². The normalized spacial score (nSPS) is 15.6. The second-order valence-electron chi connectivity index (χ2n) is 1.99. The summed E-state index contributed by atoms with van der Waals surface area (Å²) in [6.45, 7) is 1.46. The Balaban J connectivity index is 3.98. The van der Waals surface area contributed by atoms with E-state index >= 15 is 0 Å². The van der Waals surface area contributed by atoms with E-state index in [-0.39, 0.29) is 19.6 Å². The van der Waals surface area contributed by atoms with Crippen molar-refractivity contribution >= 4 is 13.1 Å². The number of rotatable bonds is 6. The molecule has 3 N–H and O–H groups in total. The van der Waals surface area contributed by atoms with Crippen LogP contribution >= 0.6 is 7.60 Å². The van der Waals surface area contributed by atoms with Crippen molar-refractivity contribution in [3.8, 4) is 0 Å². The van der Waals surface area contributed by atoms with Crippen LogP contribution in [0.4, 0.5) is 0 Å². The first kappa shape index (κ1) is 11.7. The summed E-state index contributed by atoms with van der Waals surface area (Å²) in [5, 5.41) is 8.10. The molecular weight excluding hydrogens is 185 g/mol. The molecule has 0 aliphatic rings. The molecule has 0 radical (unpaired) electrons. The Kier molecular flexibility index (Phi) is 5.28. The van der Waals surface area contributed by atoms with Gasteiger partial charge in [-0.15, -0.1) is 0 Å². The molecule has 1 atom stereocenters. The molecule has 0 aromatic carbocycles. The number of hydrogen-bond acceptors (Lipinski definition) is 5. The fourth-order valence-corrected chi connectivity index (χ4v) is 1.44. The minimum atomic E-state index is -4.10. The van der Waals surface area contributed by atoms with Gasteiger partial charge in [0.05, 0.1) is 6.61 Å². The van der Waals surface area contributed by atoms with Crippen LogP contribution in [-0.2, 0) is 13.9 Å². The molecule has 0 aromatic rings. The summed E-state index contributed by atoms with van der Waals surface area (Å²) in [6, 6.07) is 0. The highest BCUT2D eigenvalue weighted by molar-refractivity contribution is 7.70. The third kappa shape index (κ3) is 3.94. The van der Waals surface area contributed by atoms with Crippen molar-refractivity contribution in [3.05, 3.63) is 0 Å². The maximum atomic E-state index is 10.9. The lowest BCUT2D eigenvalue weighted by Gasteiger charge is -2.07. The van der Waals surface area contributed by atoms with E-state index in [9.17, 15) is 9.36 Å². The first-order valence-corrected chi connectivity index (χ1v) is 5.00. The molecule has 0 aromatic heterocycles. The van der Waals surface area contributed by atoms with Crippen LogP contribution in [0.5, 0.6) is 0 Å². The van der Waals surface area contributed by atoms with Gasteiger partial charge in [-0.2, -0.15) is 0 Å². The maximum absolute atomic E-state index is 10.9. The molecule has 0 rings (SSSR count). The van der Waals surface area contributed by atoms with Gasteiger partial charge in [0, 0.05) is 13.0 Å². The average molecular weight is 197 g/mol. The first-order valence-electron chi connectivity index (χ1n) is 3.42. The number of hydroxylamine groups is 1. The van der Waals surface area contributed by atoms with Crippen molar-refractivity contribution in [1.82, 2.24) is 5.48 Å². The Morgan fingerprint density at radius 2 is 2.25 bits per heavy atom. The van der Waals surface area contributed by atoms with Crippen molar-refractivity contribution in [2.24, 2.45) is 0 Å². The maximum Gasteiger partial charge on any atom is 0.394 e. The Morgan fingerprint density at radius 1 is 1.67 bits per heavy atom. The van der Waals surface area contributed by atoms with Crippen molar-refractivity contribution < 1.29 is 24.0 Å². The van der Waals surface area contributed by atoms with Gasteiger partial charge >= 0.3 is 7.60 Å². The molecule has 0 aliphatic carbocycles. The quantitative estimate of drug-likeness (QED) is 0.413. The number of carbonyl (C=O) groups excluding carboxylic acids is 1. The zero-order valence-corrected chi connectivity index (χ0v) is 7.58. The summed E-state index contributed by atoms with van der Waals surface area (Å²) in [6.07, 6.45) is -0.232. The Bertz CT molecular complexity index is 194. The topological polar surface area (TPSA) is 95.9 Å². The van der Waals surface area contributed by atoms with Gasteiger partial charge in [0.1, 0.15) is 0 Å². The first-order chi connectivity index (χ1) is 5.54. The minimum Gasteiger partial charge on any atom is -0.319 e. The lowest BCUT2D eigenvalue weighted by molar-refractivity contribution is -0.114. The molecule has 6 nitrogen and oxygen atoms in total. The molecule has 0 amide bonds. The van der Waals surface area contributed by atoms with Gasteiger partial charge in [-0.1, -0.05) is 0 Å². The van der Waals surface area contributed by atoms with Crippen LogP contribution in [0.15, 0.2) is 0 Å². The van der Waals surface area contributed by atoms with Crippen LogP contribution in [0.3, 0.4) is 0 Å². The molecule has 0 spiro atoms. The summed E-state index contributed by atoms with van der Waals surface area (Å²) in [4.78, 5) is 19.7. The van der Waals surface area contributed by atoms with Gasteiger partial charge in [0.15, 0.2) is 0 Å². The number of hydrogen-bond donors (Lipinski definition) is 3. The lowest BCUT2D eigenvalue weighted by Crippen LogP contribution is -2.14. The molecule has 0 aliphatic heterocycles. The number of nitrogens with one attached hydrogen (secondary N) is 1. The number of carbonyl (C=O) groups is 1. The molecule has 7 heteroatoms. The van der Waals surface area contributed by atoms with Gasteiger partial charge in [-0.3, -0.25) is 9.36 Å². The SMILES string of the molecule is CCOP(=O)(O)C(=O)CCNO. The van der Waals surface area contributed by atoms with Gasteiger partial charge in [-0.25, -0.2) is 5.48 Å². The highest BCUT2D eigenvalue weighted by atomic mass is 31.2. The van der Waals surface area contributed by atoms with Crippen molar-refractivity contribution in [1.29, 1.82) is 0 Å². The van der Waals surface area contributed by atoms with Crippen LogP contribution in [0.1, 0.15) is 13.3 Å². The summed E-state index contributed by atoms with van der Waals surface area (Å²) in [7, 11) is -4.10. The van der Waals surface area contributed by atoms with Crippen LogP contribution in [0.25, 0.3) is 0 Å². The monoisotopic (exact) mass is 197 g/mol. The molecule has 0 saturated heterocycles. The molecule has 12 heavy (non-hydrogen) atoms. The van der Waals surface area contributed by atoms with Crippen LogP contribution in [0.2, 0.25) is 0 Å². The zero-order chi connectivity index (χ0) is 9.61. The van der Waals surface area contributed by atoms with Crippen molar-refractivity contribution in [3.63, 3.8) is 0 Å². The predicted octanol–water partition coefficient (Wildman–Crippen LogP) is 0.104. The van der Waals surface area contributed by atoms with Crippen molar-refractivity contribution in [2.75, 3.05) is 13.2 Å². The lowest BCUT2D eigenvalue weighted by atomic mass is 10.5. The highest BCUT2D eigenvalue weighted by Crippen LogP contribution is 2.43.